The van der Waals surface area contributed by atoms with E-state index in [9.17, 15) is 31.9 Å². The Kier molecular flexibility index (Phi) is 5.89. The molecule has 2 aromatic rings. The van der Waals surface area contributed by atoms with E-state index in [1.807, 2.05) is 0 Å². The summed E-state index contributed by atoms with van der Waals surface area (Å²) in [5, 5.41) is 12.3. The van der Waals surface area contributed by atoms with Gasteiger partial charge in [0.15, 0.2) is 22.9 Å². The molecule has 0 aliphatic carbocycles. The maximum Gasteiger partial charge on any atom is 0.407 e. The minimum atomic E-state index is -4.81. The van der Waals surface area contributed by atoms with Gasteiger partial charge in [-0.1, -0.05) is 6.07 Å². The average Bonchev–Trinajstić information content (AvgIpc) is 2.62. The van der Waals surface area contributed by atoms with Crippen LogP contribution in [0.25, 0.3) is 4.85 Å². The molecule has 0 aliphatic rings. The largest absolute Gasteiger partial charge is 0.490 e. The highest BCUT2D eigenvalue weighted by Gasteiger charge is 2.35. The summed E-state index contributed by atoms with van der Waals surface area (Å²) in [4.78, 5) is 14.9. The van der Waals surface area contributed by atoms with Crippen molar-refractivity contribution in [2.24, 2.45) is 0 Å². The molecule has 0 bridgehead atoms. The van der Waals surface area contributed by atoms with Crippen LogP contribution in [0.3, 0.4) is 0 Å². The standard InChI is InChI=1S/C18H13F5N2O3/c1-17(27,9-28-11-4-5-13(19)14(20)8-11)16(26)25-10-3-6-15(24-2)12(7-10)18(21,22)23/h3-8,27H,9H2,1H3,(H,25,26)/t17-/m0/s1. The molecule has 0 unspecified atom stereocenters. The summed E-state index contributed by atoms with van der Waals surface area (Å²) in [6.07, 6.45) is -4.81. The zero-order valence-corrected chi connectivity index (χ0v) is 14.3. The first-order chi connectivity index (χ1) is 12.9. The van der Waals surface area contributed by atoms with E-state index < -0.39 is 47.2 Å². The number of benzene rings is 2. The minimum Gasteiger partial charge on any atom is -0.490 e. The predicted octanol–water partition coefficient (Wildman–Crippen LogP) is 4.30. The van der Waals surface area contributed by atoms with E-state index in [1.54, 1.807) is 0 Å². The molecule has 10 heteroatoms. The fourth-order valence-electron chi connectivity index (χ4n) is 2.06. The third kappa shape index (κ3) is 4.95. The molecule has 0 saturated heterocycles. The first kappa shape index (κ1) is 21.1. The third-order valence-corrected chi connectivity index (χ3v) is 3.58. The zero-order chi connectivity index (χ0) is 21.1. The highest BCUT2D eigenvalue weighted by atomic mass is 19.4. The highest BCUT2D eigenvalue weighted by molar-refractivity contribution is 5.97. The third-order valence-electron chi connectivity index (χ3n) is 3.58. The Morgan fingerprint density at radius 2 is 1.86 bits per heavy atom. The van der Waals surface area contributed by atoms with Gasteiger partial charge < -0.3 is 15.2 Å². The number of ether oxygens (including phenoxy) is 1. The van der Waals surface area contributed by atoms with Crippen molar-refractivity contribution in [2.45, 2.75) is 18.7 Å². The number of carbonyl (C=O) groups is 1. The van der Waals surface area contributed by atoms with Crippen LogP contribution in [0.5, 0.6) is 5.75 Å². The Balaban J connectivity index is 2.12. The topological polar surface area (TPSA) is 62.9 Å². The van der Waals surface area contributed by atoms with Crippen LogP contribution in [0.2, 0.25) is 0 Å². The summed E-state index contributed by atoms with van der Waals surface area (Å²) in [6, 6.07) is 5.10. The number of halogens is 5. The van der Waals surface area contributed by atoms with Crippen LogP contribution in [0, 0.1) is 18.2 Å². The predicted molar refractivity (Wildman–Crippen MR) is 88.8 cm³/mol. The van der Waals surface area contributed by atoms with E-state index >= 15 is 0 Å². The molecule has 0 radical (unpaired) electrons. The lowest BCUT2D eigenvalue weighted by atomic mass is 10.1. The summed E-state index contributed by atoms with van der Waals surface area (Å²) in [7, 11) is 0. The van der Waals surface area contributed by atoms with Crippen LogP contribution < -0.4 is 10.1 Å². The Hall–Kier alpha value is -3.19. The van der Waals surface area contributed by atoms with Gasteiger partial charge in [0.1, 0.15) is 12.4 Å². The van der Waals surface area contributed by atoms with Gasteiger partial charge in [0.05, 0.1) is 12.1 Å². The van der Waals surface area contributed by atoms with Crippen molar-refractivity contribution in [1.29, 1.82) is 0 Å². The highest BCUT2D eigenvalue weighted by Crippen LogP contribution is 2.38. The van der Waals surface area contributed by atoms with Gasteiger partial charge in [-0.05, 0) is 31.2 Å². The average molecular weight is 400 g/mol. The molecule has 2 rings (SSSR count). The molecule has 0 aliphatic heterocycles. The first-order valence-electron chi connectivity index (χ1n) is 7.64. The molecule has 0 saturated carbocycles. The SMILES string of the molecule is [C-]#[N+]c1ccc(NC(=O)[C@@](C)(O)COc2ccc(F)c(F)c2)cc1C(F)(F)F. The van der Waals surface area contributed by atoms with Crippen molar-refractivity contribution < 1.29 is 36.6 Å². The molecule has 5 nitrogen and oxygen atoms in total. The lowest BCUT2D eigenvalue weighted by Crippen LogP contribution is -2.45. The van der Waals surface area contributed by atoms with Crippen LogP contribution in [0.15, 0.2) is 36.4 Å². The molecule has 0 heterocycles. The van der Waals surface area contributed by atoms with Crippen LogP contribution in [-0.4, -0.2) is 23.2 Å². The Bertz CT molecular complexity index is 936. The molecule has 0 aromatic heterocycles. The van der Waals surface area contributed by atoms with Crippen LogP contribution in [0.1, 0.15) is 12.5 Å². The quantitative estimate of drug-likeness (QED) is 0.581. The summed E-state index contributed by atoms with van der Waals surface area (Å²) < 4.78 is 70.0. The van der Waals surface area contributed by atoms with Gasteiger partial charge in [0.25, 0.3) is 5.91 Å². The number of hydrogen-bond donors (Lipinski definition) is 2. The maximum absolute atomic E-state index is 13.1. The summed E-state index contributed by atoms with van der Waals surface area (Å²) >= 11 is 0. The Morgan fingerprint density at radius 1 is 1.18 bits per heavy atom. The summed E-state index contributed by atoms with van der Waals surface area (Å²) in [5.74, 6) is -3.56. The molecular weight excluding hydrogens is 387 g/mol. The van der Waals surface area contributed by atoms with Crippen molar-refractivity contribution in [3.05, 3.63) is 65.0 Å². The summed E-state index contributed by atoms with van der Waals surface area (Å²) in [6.45, 7) is 7.12. The number of amides is 1. The molecule has 2 aromatic carbocycles. The Morgan fingerprint density at radius 3 is 2.43 bits per heavy atom. The molecule has 2 N–H and O–H groups in total. The van der Waals surface area contributed by atoms with E-state index in [1.165, 1.54) is 0 Å². The molecule has 0 fully saturated rings. The number of alkyl halides is 3. The van der Waals surface area contributed by atoms with Gasteiger partial charge in [-0.3, -0.25) is 4.79 Å². The lowest BCUT2D eigenvalue weighted by molar-refractivity contribution is -0.137. The number of carbonyl (C=O) groups excluding carboxylic acids is 1. The van der Waals surface area contributed by atoms with Gasteiger partial charge in [0.2, 0.25) is 0 Å². The second-order valence-corrected chi connectivity index (χ2v) is 5.93. The maximum atomic E-state index is 13.1. The van der Waals surface area contributed by atoms with E-state index in [0.717, 1.165) is 31.2 Å². The molecule has 148 valence electrons. The summed E-state index contributed by atoms with van der Waals surface area (Å²) in [5.41, 5.74) is -4.38. The molecule has 28 heavy (non-hydrogen) atoms. The van der Waals surface area contributed by atoms with Crippen LogP contribution >= 0.6 is 0 Å². The second kappa shape index (κ2) is 7.82. The monoisotopic (exact) mass is 400 g/mol. The minimum absolute atomic E-state index is 0.159. The van der Waals surface area contributed by atoms with E-state index in [2.05, 4.69) is 10.2 Å². The molecule has 0 spiro atoms. The second-order valence-electron chi connectivity index (χ2n) is 5.93. The zero-order valence-electron chi connectivity index (χ0n) is 14.3. The number of anilines is 1. The smallest absolute Gasteiger partial charge is 0.407 e. The van der Waals surface area contributed by atoms with Crippen molar-refractivity contribution in [3.63, 3.8) is 0 Å². The van der Waals surface area contributed by atoms with Crippen LogP contribution in [0.4, 0.5) is 33.3 Å². The molecule has 1 amide bonds. The van der Waals surface area contributed by atoms with Gasteiger partial charge >= 0.3 is 6.18 Å². The number of nitrogens with zero attached hydrogens (tertiary/aromatic N) is 1. The fourth-order valence-corrected chi connectivity index (χ4v) is 2.06. The number of nitrogens with one attached hydrogen (secondary N) is 1. The van der Waals surface area contributed by atoms with E-state index in [0.29, 0.717) is 12.1 Å². The first-order valence-corrected chi connectivity index (χ1v) is 7.64. The normalized spacial score (nSPS) is 13.4. The van der Waals surface area contributed by atoms with Crippen molar-refractivity contribution in [2.75, 3.05) is 11.9 Å². The fraction of sp³-hybridized carbons (Fsp3) is 0.222. The van der Waals surface area contributed by atoms with E-state index in [4.69, 9.17) is 11.3 Å². The van der Waals surface area contributed by atoms with Crippen molar-refractivity contribution >= 4 is 17.3 Å². The molecule has 1 atom stereocenters. The van der Waals surface area contributed by atoms with Gasteiger partial charge in [-0.2, -0.15) is 13.2 Å². The molecular formula is C18H13F5N2O3. The van der Waals surface area contributed by atoms with E-state index in [-0.39, 0.29) is 11.4 Å². The van der Waals surface area contributed by atoms with Crippen LogP contribution in [-0.2, 0) is 11.0 Å². The Labute approximate surface area is 156 Å². The lowest BCUT2D eigenvalue weighted by Gasteiger charge is -2.23. The van der Waals surface area contributed by atoms with Gasteiger partial charge in [-0.25, -0.2) is 13.6 Å². The van der Waals surface area contributed by atoms with Crippen molar-refractivity contribution in [3.8, 4) is 5.75 Å². The van der Waals surface area contributed by atoms with Gasteiger partial charge in [0, 0.05) is 11.8 Å². The number of aliphatic hydroxyl groups is 1. The number of rotatable bonds is 5. The van der Waals surface area contributed by atoms with Crippen molar-refractivity contribution in [1.82, 2.24) is 0 Å². The number of hydrogen-bond acceptors (Lipinski definition) is 3. The van der Waals surface area contributed by atoms with Gasteiger partial charge in [-0.15, -0.1) is 0 Å².